The van der Waals surface area contributed by atoms with Crippen LogP contribution in [-0.2, 0) is 0 Å². The van der Waals surface area contributed by atoms with Gasteiger partial charge in [-0.15, -0.1) is 0 Å². The molecule has 3 rings (SSSR count). The Kier molecular flexibility index (Phi) is 5.84. The predicted molar refractivity (Wildman–Crippen MR) is 108 cm³/mol. The Labute approximate surface area is 159 Å². The van der Waals surface area contributed by atoms with Gasteiger partial charge < -0.3 is 15.7 Å². The minimum absolute atomic E-state index is 0.210. The normalized spacial score (nSPS) is 11.7. The molecule has 0 saturated heterocycles. The molecule has 0 bridgehead atoms. The Morgan fingerprint density at radius 3 is 2.44 bits per heavy atom. The molecular weight excluding hydrogens is 338 g/mol. The molecule has 0 aliphatic rings. The van der Waals surface area contributed by atoms with Gasteiger partial charge >= 0.3 is 0 Å². The van der Waals surface area contributed by atoms with E-state index in [4.69, 9.17) is 0 Å². The van der Waals surface area contributed by atoms with E-state index in [1.165, 1.54) is 6.20 Å². The molecule has 5 nitrogen and oxygen atoms in total. The molecule has 0 saturated carbocycles. The number of hydrogen-bond donors (Lipinski definition) is 3. The van der Waals surface area contributed by atoms with Crippen LogP contribution >= 0.6 is 0 Å². The van der Waals surface area contributed by atoms with Gasteiger partial charge in [-0.3, -0.25) is 4.79 Å². The number of carbonyl (C=O) groups is 1. The maximum Gasteiger partial charge on any atom is 0.257 e. The summed E-state index contributed by atoms with van der Waals surface area (Å²) in [5.41, 5.74) is 4.29. The summed E-state index contributed by atoms with van der Waals surface area (Å²) < 4.78 is 0. The Bertz CT molecular complexity index is 906. The summed E-state index contributed by atoms with van der Waals surface area (Å²) in [5, 5.41) is 16.3. The number of aryl methyl sites for hydroxylation is 2. The smallest absolute Gasteiger partial charge is 0.257 e. The number of aliphatic hydroxyl groups is 1. The van der Waals surface area contributed by atoms with Crippen LogP contribution in [0.15, 0.2) is 66.9 Å². The van der Waals surface area contributed by atoms with Gasteiger partial charge in [-0.25, -0.2) is 4.98 Å². The van der Waals surface area contributed by atoms with E-state index in [1.807, 2.05) is 62.4 Å². The Hall–Kier alpha value is -3.18. The zero-order valence-electron chi connectivity index (χ0n) is 15.4. The van der Waals surface area contributed by atoms with Crippen molar-refractivity contribution >= 4 is 17.4 Å². The number of anilines is 2. The number of pyridine rings is 1. The van der Waals surface area contributed by atoms with Crippen LogP contribution in [0.2, 0.25) is 0 Å². The standard InChI is InChI=1S/C22H23N3O2/c1-15-7-10-18(11-8-15)25-22(27)17-9-12-21(23-13-17)24-14-20(26)19-6-4-3-5-16(19)2/h3-13,20,26H,14H2,1-2H3,(H,23,24)(H,25,27). The second kappa shape index (κ2) is 8.47. The summed E-state index contributed by atoms with van der Waals surface area (Å²) >= 11 is 0. The molecule has 3 N–H and O–H groups in total. The monoisotopic (exact) mass is 361 g/mol. The second-order valence-electron chi connectivity index (χ2n) is 6.51. The quantitative estimate of drug-likeness (QED) is 0.618. The van der Waals surface area contributed by atoms with Crippen LogP contribution in [0.4, 0.5) is 11.5 Å². The van der Waals surface area contributed by atoms with Gasteiger partial charge in [0.25, 0.3) is 5.91 Å². The highest BCUT2D eigenvalue weighted by Crippen LogP contribution is 2.18. The third-order valence-corrected chi connectivity index (χ3v) is 4.36. The van der Waals surface area contributed by atoms with E-state index in [-0.39, 0.29) is 5.91 Å². The fraction of sp³-hybridized carbons (Fsp3) is 0.182. The Morgan fingerprint density at radius 1 is 1.04 bits per heavy atom. The van der Waals surface area contributed by atoms with Crippen LogP contribution in [0.25, 0.3) is 0 Å². The number of nitrogens with zero attached hydrogens (tertiary/aromatic N) is 1. The van der Waals surface area contributed by atoms with Crippen molar-refractivity contribution < 1.29 is 9.90 Å². The molecular formula is C22H23N3O2. The van der Waals surface area contributed by atoms with Gasteiger partial charge in [0.15, 0.2) is 0 Å². The molecule has 0 aliphatic heterocycles. The summed E-state index contributed by atoms with van der Waals surface area (Å²) in [6.45, 7) is 4.31. The van der Waals surface area contributed by atoms with Crippen molar-refractivity contribution in [2.75, 3.05) is 17.2 Å². The molecule has 0 fully saturated rings. The fourth-order valence-corrected chi connectivity index (χ4v) is 2.74. The first-order chi connectivity index (χ1) is 13.0. The molecule has 2 aromatic carbocycles. The lowest BCUT2D eigenvalue weighted by atomic mass is 10.0. The van der Waals surface area contributed by atoms with E-state index in [2.05, 4.69) is 15.6 Å². The molecule has 1 atom stereocenters. The Morgan fingerprint density at radius 2 is 1.78 bits per heavy atom. The maximum absolute atomic E-state index is 12.3. The molecule has 0 aliphatic carbocycles. The number of carbonyl (C=O) groups excluding carboxylic acids is 1. The van der Waals surface area contributed by atoms with Gasteiger partial charge in [0, 0.05) is 18.4 Å². The van der Waals surface area contributed by atoms with E-state index in [0.717, 1.165) is 22.4 Å². The minimum atomic E-state index is -0.627. The van der Waals surface area contributed by atoms with E-state index in [9.17, 15) is 9.90 Å². The SMILES string of the molecule is Cc1ccc(NC(=O)c2ccc(NCC(O)c3ccccc3C)nc2)cc1. The number of aromatic nitrogens is 1. The maximum atomic E-state index is 12.3. The number of rotatable bonds is 6. The highest BCUT2D eigenvalue weighted by atomic mass is 16.3. The highest BCUT2D eigenvalue weighted by Gasteiger charge is 2.11. The van der Waals surface area contributed by atoms with Crippen molar-refractivity contribution in [1.29, 1.82) is 0 Å². The molecule has 138 valence electrons. The lowest BCUT2D eigenvalue weighted by molar-refractivity contribution is 0.102. The third kappa shape index (κ3) is 4.92. The van der Waals surface area contributed by atoms with Crippen molar-refractivity contribution in [2.45, 2.75) is 20.0 Å². The summed E-state index contributed by atoms with van der Waals surface area (Å²) in [7, 11) is 0. The minimum Gasteiger partial charge on any atom is -0.387 e. The highest BCUT2D eigenvalue weighted by molar-refractivity contribution is 6.04. The van der Waals surface area contributed by atoms with Gasteiger partial charge in [-0.1, -0.05) is 42.0 Å². The zero-order chi connectivity index (χ0) is 19.2. The molecule has 3 aromatic rings. The van der Waals surface area contributed by atoms with E-state index in [1.54, 1.807) is 12.1 Å². The zero-order valence-corrected chi connectivity index (χ0v) is 15.4. The number of hydrogen-bond acceptors (Lipinski definition) is 4. The molecule has 1 aromatic heterocycles. The number of amides is 1. The molecule has 27 heavy (non-hydrogen) atoms. The van der Waals surface area contributed by atoms with Gasteiger partial charge in [0.1, 0.15) is 5.82 Å². The van der Waals surface area contributed by atoms with E-state index < -0.39 is 6.10 Å². The first kappa shape index (κ1) is 18.6. The lowest BCUT2D eigenvalue weighted by Crippen LogP contribution is -2.15. The third-order valence-electron chi connectivity index (χ3n) is 4.36. The van der Waals surface area contributed by atoms with Gasteiger partial charge in [0.05, 0.1) is 11.7 Å². The largest absolute Gasteiger partial charge is 0.387 e. The molecule has 0 radical (unpaired) electrons. The first-order valence-corrected chi connectivity index (χ1v) is 8.84. The van der Waals surface area contributed by atoms with Crippen molar-refractivity contribution in [1.82, 2.24) is 4.98 Å². The van der Waals surface area contributed by atoms with Crippen LogP contribution in [0, 0.1) is 13.8 Å². The summed E-state index contributed by atoms with van der Waals surface area (Å²) in [6.07, 6.45) is 0.893. The molecule has 1 amide bonds. The van der Waals surface area contributed by atoms with Crippen LogP contribution < -0.4 is 10.6 Å². The topological polar surface area (TPSA) is 74.2 Å². The van der Waals surface area contributed by atoms with Crippen LogP contribution in [0.3, 0.4) is 0 Å². The molecule has 0 spiro atoms. The van der Waals surface area contributed by atoms with Gasteiger partial charge in [-0.2, -0.15) is 0 Å². The summed E-state index contributed by atoms with van der Waals surface area (Å²) in [6, 6.07) is 18.8. The summed E-state index contributed by atoms with van der Waals surface area (Å²) in [5.74, 6) is 0.396. The lowest BCUT2D eigenvalue weighted by Gasteiger charge is -2.15. The van der Waals surface area contributed by atoms with Crippen LogP contribution in [0.1, 0.15) is 33.2 Å². The van der Waals surface area contributed by atoms with E-state index in [0.29, 0.717) is 17.9 Å². The number of benzene rings is 2. The van der Waals surface area contributed by atoms with Crippen molar-refractivity contribution in [3.05, 3.63) is 89.1 Å². The first-order valence-electron chi connectivity index (χ1n) is 8.84. The van der Waals surface area contributed by atoms with Crippen LogP contribution in [-0.4, -0.2) is 22.5 Å². The predicted octanol–water partition coefficient (Wildman–Crippen LogP) is 4.10. The van der Waals surface area contributed by atoms with Crippen LogP contribution in [0.5, 0.6) is 0 Å². The fourth-order valence-electron chi connectivity index (χ4n) is 2.74. The van der Waals surface area contributed by atoms with Gasteiger partial charge in [0.2, 0.25) is 0 Å². The molecule has 1 heterocycles. The number of nitrogens with one attached hydrogen (secondary N) is 2. The summed E-state index contributed by atoms with van der Waals surface area (Å²) in [4.78, 5) is 16.5. The van der Waals surface area contributed by atoms with Crippen molar-refractivity contribution in [3.8, 4) is 0 Å². The molecule has 1 unspecified atom stereocenters. The Balaban J connectivity index is 1.57. The van der Waals surface area contributed by atoms with Gasteiger partial charge in [-0.05, 0) is 49.2 Å². The average molecular weight is 361 g/mol. The average Bonchev–Trinajstić information content (AvgIpc) is 2.68. The second-order valence-corrected chi connectivity index (χ2v) is 6.51. The van der Waals surface area contributed by atoms with Crippen molar-refractivity contribution in [3.63, 3.8) is 0 Å². The number of aliphatic hydroxyl groups excluding tert-OH is 1. The van der Waals surface area contributed by atoms with E-state index >= 15 is 0 Å². The van der Waals surface area contributed by atoms with Crippen molar-refractivity contribution in [2.24, 2.45) is 0 Å². The molecule has 5 heteroatoms.